The van der Waals surface area contributed by atoms with Crippen LogP contribution in [0.1, 0.15) is 34.3 Å². The fourth-order valence-corrected chi connectivity index (χ4v) is 2.40. The third-order valence-electron chi connectivity index (χ3n) is 3.12. The molecule has 0 saturated heterocycles. The number of rotatable bonds is 4. The summed E-state index contributed by atoms with van der Waals surface area (Å²) in [6, 6.07) is 3.23. The number of esters is 1. The van der Waals surface area contributed by atoms with Gasteiger partial charge in [0, 0.05) is 13.6 Å². The van der Waals surface area contributed by atoms with E-state index in [4.69, 9.17) is 16.3 Å². The highest BCUT2D eigenvalue weighted by Gasteiger charge is 2.20. The fraction of sp³-hybridized carbons (Fsp3) is 0.357. The van der Waals surface area contributed by atoms with Crippen molar-refractivity contribution in [1.82, 2.24) is 14.9 Å². The van der Waals surface area contributed by atoms with Gasteiger partial charge in [0.05, 0.1) is 28.7 Å². The predicted molar refractivity (Wildman–Crippen MR) is 79.8 cm³/mol. The van der Waals surface area contributed by atoms with Gasteiger partial charge in [0.15, 0.2) is 0 Å². The molecule has 112 valence electrons. The number of carbonyl (C=O) groups is 2. The molecule has 0 bridgehead atoms. The second-order valence-corrected chi connectivity index (χ2v) is 4.89. The molecule has 0 fully saturated rings. The molecular weight excluding hydrogens is 294 g/mol. The first-order chi connectivity index (χ1) is 10.0. The summed E-state index contributed by atoms with van der Waals surface area (Å²) < 4.78 is 6.50. The topological polar surface area (TPSA) is 73.2 Å². The predicted octanol–water partition coefficient (Wildman–Crippen LogP) is 2.25. The summed E-state index contributed by atoms with van der Waals surface area (Å²) >= 11 is 6.15. The van der Waals surface area contributed by atoms with Crippen LogP contribution in [0.4, 0.5) is 0 Å². The number of hydrogen-bond donors (Lipinski definition) is 1. The Morgan fingerprint density at radius 2 is 2.14 bits per heavy atom. The Balaban J connectivity index is 2.69. The lowest BCUT2D eigenvalue weighted by Crippen LogP contribution is -2.18. The zero-order chi connectivity index (χ0) is 15.6. The monoisotopic (exact) mass is 309 g/mol. The molecule has 0 unspecified atom stereocenters. The number of imidazole rings is 1. The zero-order valence-electron chi connectivity index (χ0n) is 12.1. The average molecular weight is 310 g/mol. The average Bonchev–Trinajstić information content (AvgIpc) is 2.83. The highest BCUT2D eigenvalue weighted by Crippen LogP contribution is 2.25. The number of benzene rings is 1. The lowest BCUT2D eigenvalue weighted by atomic mass is 10.2. The number of nitrogens with zero attached hydrogens (tertiary/aromatic N) is 2. The van der Waals surface area contributed by atoms with E-state index in [9.17, 15) is 9.59 Å². The van der Waals surface area contributed by atoms with E-state index in [-0.39, 0.29) is 11.7 Å². The van der Waals surface area contributed by atoms with Gasteiger partial charge in [-0.05, 0) is 18.6 Å². The Hall–Kier alpha value is -2.08. The molecule has 2 aromatic rings. The van der Waals surface area contributed by atoms with Gasteiger partial charge in [-0.3, -0.25) is 4.79 Å². The van der Waals surface area contributed by atoms with Gasteiger partial charge in [0.2, 0.25) is 5.82 Å². The minimum Gasteiger partial charge on any atom is -0.463 e. The summed E-state index contributed by atoms with van der Waals surface area (Å²) in [6.07, 6.45) is 0.824. The summed E-state index contributed by atoms with van der Waals surface area (Å²) in [5.74, 6) is -0.608. The van der Waals surface area contributed by atoms with Gasteiger partial charge >= 0.3 is 5.97 Å². The summed E-state index contributed by atoms with van der Waals surface area (Å²) in [6.45, 7) is 2.60. The van der Waals surface area contributed by atoms with E-state index in [2.05, 4.69) is 10.3 Å². The molecule has 1 N–H and O–H groups in total. The second-order valence-electron chi connectivity index (χ2n) is 4.48. The van der Waals surface area contributed by atoms with Crippen LogP contribution in [-0.2, 0) is 11.3 Å². The molecule has 0 aliphatic rings. The molecule has 0 saturated carbocycles. The molecule has 7 heteroatoms. The number of carbonyl (C=O) groups excluding carboxylic acids is 2. The summed E-state index contributed by atoms with van der Waals surface area (Å²) in [4.78, 5) is 27.9. The number of aryl methyl sites for hydroxylation is 1. The van der Waals surface area contributed by atoms with E-state index >= 15 is 0 Å². The van der Waals surface area contributed by atoms with Crippen molar-refractivity contribution in [3.63, 3.8) is 0 Å². The van der Waals surface area contributed by atoms with Crippen molar-refractivity contribution >= 4 is 34.5 Å². The summed E-state index contributed by atoms with van der Waals surface area (Å²) in [5, 5.41) is 2.83. The minimum atomic E-state index is -0.516. The third-order valence-corrected chi connectivity index (χ3v) is 3.44. The Morgan fingerprint density at radius 3 is 2.71 bits per heavy atom. The molecule has 0 spiro atoms. The molecule has 21 heavy (non-hydrogen) atoms. The maximum absolute atomic E-state index is 11.8. The van der Waals surface area contributed by atoms with Crippen molar-refractivity contribution in [3.8, 4) is 0 Å². The molecule has 1 aromatic heterocycles. The maximum atomic E-state index is 11.8. The minimum absolute atomic E-state index is 0.208. The van der Waals surface area contributed by atoms with Crippen LogP contribution in [0.5, 0.6) is 0 Å². The van der Waals surface area contributed by atoms with Gasteiger partial charge in [0.25, 0.3) is 5.91 Å². The first-order valence-electron chi connectivity index (χ1n) is 6.53. The SMILES string of the molecule is CCCn1c(C(=O)OC)nc2cc(C(=O)NC)c(Cl)cc21. The Labute approximate surface area is 127 Å². The van der Waals surface area contributed by atoms with Crippen LogP contribution >= 0.6 is 11.6 Å². The van der Waals surface area contributed by atoms with Crippen molar-refractivity contribution in [3.05, 3.63) is 28.5 Å². The molecular formula is C14H16ClN3O3. The molecule has 1 heterocycles. The number of fused-ring (bicyclic) bond motifs is 1. The van der Waals surface area contributed by atoms with Gasteiger partial charge in [-0.15, -0.1) is 0 Å². The van der Waals surface area contributed by atoms with Crippen molar-refractivity contribution in [2.45, 2.75) is 19.9 Å². The van der Waals surface area contributed by atoms with E-state index in [1.165, 1.54) is 14.2 Å². The molecule has 1 amide bonds. The van der Waals surface area contributed by atoms with Crippen LogP contribution in [0, 0.1) is 0 Å². The fourth-order valence-electron chi connectivity index (χ4n) is 2.15. The largest absolute Gasteiger partial charge is 0.463 e. The van der Waals surface area contributed by atoms with Crippen LogP contribution in [0.2, 0.25) is 5.02 Å². The first kappa shape index (κ1) is 15.3. The molecule has 0 radical (unpaired) electrons. The number of amides is 1. The van der Waals surface area contributed by atoms with Gasteiger partial charge in [0.1, 0.15) is 0 Å². The summed E-state index contributed by atoms with van der Waals surface area (Å²) in [7, 11) is 2.83. The van der Waals surface area contributed by atoms with Crippen LogP contribution in [0.15, 0.2) is 12.1 Å². The second kappa shape index (κ2) is 6.13. The Kier molecular flexibility index (Phi) is 4.47. The van der Waals surface area contributed by atoms with Crippen molar-refractivity contribution in [2.24, 2.45) is 0 Å². The number of methoxy groups -OCH3 is 1. The molecule has 0 aliphatic carbocycles. The number of hydrogen-bond acceptors (Lipinski definition) is 4. The van der Waals surface area contributed by atoms with E-state index < -0.39 is 5.97 Å². The standard InChI is InChI=1S/C14H16ClN3O3/c1-4-5-18-11-7-9(15)8(13(19)16-2)6-10(11)17-12(18)14(20)21-3/h6-7H,4-5H2,1-3H3,(H,16,19). The van der Waals surface area contributed by atoms with E-state index in [1.54, 1.807) is 16.7 Å². The van der Waals surface area contributed by atoms with Crippen LogP contribution in [-0.4, -0.2) is 35.6 Å². The molecule has 0 atom stereocenters. The zero-order valence-corrected chi connectivity index (χ0v) is 12.8. The highest BCUT2D eigenvalue weighted by atomic mass is 35.5. The number of halogens is 1. The number of aromatic nitrogens is 2. The molecule has 0 aliphatic heterocycles. The number of nitrogens with one attached hydrogen (secondary N) is 1. The first-order valence-corrected chi connectivity index (χ1v) is 6.91. The smallest absolute Gasteiger partial charge is 0.374 e. The molecule has 2 rings (SSSR count). The summed E-state index contributed by atoms with van der Waals surface area (Å²) in [5.41, 5.74) is 1.56. The van der Waals surface area contributed by atoms with Gasteiger partial charge < -0.3 is 14.6 Å². The molecule has 6 nitrogen and oxygen atoms in total. The Morgan fingerprint density at radius 1 is 1.43 bits per heavy atom. The van der Waals surface area contributed by atoms with E-state index in [0.29, 0.717) is 28.2 Å². The van der Waals surface area contributed by atoms with Crippen LogP contribution in [0.25, 0.3) is 11.0 Å². The lowest BCUT2D eigenvalue weighted by molar-refractivity contribution is 0.0581. The maximum Gasteiger partial charge on any atom is 0.374 e. The third kappa shape index (κ3) is 2.71. The van der Waals surface area contributed by atoms with E-state index in [0.717, 1.165) is 6.42 Å². The highest BCUT2D eigenvalue weighted by molar-refractivity contribution is 6.34. The van der Waals surface area contributed by atoms with Crippen LogP contribution in [0.3, 0.4) is 0 Å². The van der Waals surface area contributed by atoms with Gasteiger partial charge in [-0.1, -0.05) is 18.5 Å². The normalized spacial score (nSPS) is 10.7. The van der Waals surface area contributed by atoms with Crippen molar-refractivity contribution in [1.29, 1.82) is 0 Å². The van der Waals surface area contributed by atoms with E-state index in [1.807, 2.05) is 6.92 Å². The van der Waals surface area contributed by atoms with Crippen molar-refractivity contribution < 1.29 is 14.3 Å². The Bertz CT molecular complexity index is 709. The van der Waals surface area contributed by atoms with Gasteiger partial charge in [-0.25, -0.2) is 9.78 Å². The lowest BCUT2D eigenvalue weighted by Gasteiger charge is -2.07. The molecule has 1 aromatic carbocycles. The number of ether oxygens (including phenoxy) is 1. The van der Waals surface area contributed by atoms with Gasteiger partial charge in [-0.2, -0.15) is 0 Å². The van der Waals surface area contributed by atoms with Crippen molar-refractivity contribution in [2.75, 3.05) is 14.2 Å². The van der Waals surface area contributed by atoms with Crippen LogP contribution < -0.4 is 5.32 Å². The quantitative estimate of drug-likeness (QED) is 0.879.